The zero-order chi connectivity index (χ0) is 17.3. The van der Waals surface area contributed by atoms with Gasteiger partial charge in [-0.1, -0.05) is 26.0 Å². The number of para-hydroxylation sites is 2. The average Bonchev–Trinajstić information content (AvgIpc) is 2.60. The minimum atomic E-state index is -0.561. The Balaban J connectivity index is 1.94. The second-order valence-electron chi connectivity index (χ2n) is 6.22. The first-order chi connectivity index (χ1) is 11.5. The number of hydrogen-bond donors (Lipinski definition) is 2. The Bertz CT molecular complexity index is 771. The predicted molar refractivity (Wildman–Crippen MR) is 93.1 cm³/mol. The summed E-state index contributed by atoms with van der Waals surface area (Å²) in [5.41, 5.74) is 7.56. The van der Waals surface area contributed by atoms with Gasteiger partial charge in [-0.2, -0.15) is 0 Å². The Morgan fingerprint density at radius 2 is 2.00 bits per heavy atom. The van der Waals surface area contributed by atoms with Gasteiger partial charge in [0, 0.05) is 18.8 Å². The molecule has 2 heterocycles. The summed E-state index contributed by atoms with van der Waals surface area (Å²) in [5.74, 6) is -0.377. The lowest BCUT2D eigenvalue weighted by Crippen LogP contribution is -2.47. The van der Waals surface area contributed by atoms with E-state index < -0.39 is 5.91 Å². The molecule has 1 aliphatic heterocycles. The molecule has 1 atom stereocenters. The highest BCUT2D eigenvalue weighted by molar-refractivity contribution is 6.07. The van der Waals surface area contributed by atoms with Crippen LogP contribution in [0.1, 0.15) is 34.7 Å². The Kier molecular flexibility index (Phi) is 4.20. The summed E-state index contributed by atoms with van der Waals surface area (Å²) in [4.78, 5) is 29.9. The van der Waals surface area contributed by atoms with Crippen molar-refractivity contribution in [3.05, 3.63) is 53.9 Å². The monoisotopic (exact) mass is 324 g/mol. The van der Waals surface area contributed by atoms with Crippen LogP contribution in [0, 0.1) is 5.92 Å². The second-order valence-corrected chi connectivity index (χ2v) is 6.22. The fourth-order valence-electron chi connectivity index (χ4n) is 2.75. The van der Waals surface area contributed by atoms with Gasteiger partial charge in [0.25, 0.3) is 5.91 Å². The van der Waals surface area contributed by atoms with E-state index in [2.05, 4.69) is 24.1 Å². The number of aromatic nitrogens is 1. The molecule has 1 aromatic carbocycles. The lowest BCUT2D eigenvalue weighted by atomic mass is 9.99. The first kappa shape index (κ1) is 16.0. The molecule has 0 saturated carbocycles. The van der Waals surface area contributed by atoms with Gasteiger partial charge < -0.3 is 16.0 Å². The normalized spacial score (nSPS) is 16.5. The Labute approximate surface area is 140 Å². The molecule has 0 bridgehead atoms. The number of rotatable bonds is 3. The highest BCUT2D eigenvalue weighted by Gasteiger charge is 2.30. The van der Waals surface area contributed by atoms with Gasteiger partial charge >= 0.3 is 0 Å². The van der Waals surface area contributed by atoms with E-state index in [1.807, 2.05) is 24.3 Å². The molecule has 0 aliphatic carbocycles. The topological polar surface area (TPSA) is 88.3 Å². The summed E-state index contributed by atoms with van der Waals surface area (Å²) in [7, 11) is 0. The Hall–Kier alpha value is -2.89. The molecule has 3 rings (SSSR count). The van der Waals surface area contributed by atoms with E-state index in [0.29, 0.717) is 18.2 Å². The number of hydrogen-bond acceptors (Lipinski definition) is 4. The van der Waals surface area contributed by atoms with Crippen molar-refractivity contribution in [3.63, 3.8) is 0 Å². The minimum Gasteiger partial charge on any atom is -0.379 e. The first-order valence-corrected chi connectivity index (χ1v) is 7.90. The van der Waals surface area contributed by atoms with Crippen molar-refractivity contribution in [3.8, 4) is 0 Å². The number of fused-ring (bicyclic) bond motifs is 1. The van der Waals surface area contributed by atoms with Crippen LogP contribution in [-0.2, 0) is 0 Å². The van der Waals surface area contributed by atoms with Gasteiger partial charge in [-0.25, -0.2) is 0 Å². The molecule has 2 aromatic rings. The summed E-state index contributed by atoms with van der Waals surface area (Å²) < 4.78 is 0. The van der Waals surface area contributed by atoms with E-state index in [0.717, 1.165) is 11.4 Å². The largest absolute Gasteiger partial charge is 0.379 e. The molecule has 0 saturated heterocycles. The number of nitrogens with two attached hydrogens (primary N) is 1. The van der Waals surface area contributed by atoms with E-state index in [1.165, 1.54) is 18.3 Å². The van der Waals surface area contributed by atoms with Gasteiger partial charge in [-0.3, -0.25) is 14.6 Å². The highest BCUT2D eigenvalue weighted by atomic mass is 16.2. The van der Waals surface area contributed by atoms with E-state index in [4.69, 9.17) is 5.73 Å². The van der Waals surface area contributed by atoms with E-state index in [1.54, 1.807) is 4.90 Å². The molecule has 1 aromatic heterocycles. The van der Waals surface area contributed by atoms with Crippen molar-refractivity contribution in [2.24, 2.45) is 11.7 Å². The Morgan fingerprint density at radius 1 is 1.25 bits per heavy atom. The van der Waals surface area contributed by atoms with Gasteiger partial charge in [0.2, 0.25) is 5.91 Å². The number of amides is 2. The van der Waals surface area contributed by atoms with Crippen LogP contribution in [0.25, 0.3) is 0 Å². The molecular weight excluding hydrogens is 304 g/mol. The minimum absolute atomic E-state index is 0.161. The summed E-state index contributed by atoms with van der Waals surface area (Å²) in [5, 5.41) is 3.48. The quantitative estimate of drug-likeness (QED) is 0.906. The van der Waals surface area contributed by atoms with Crippen LogP contribution in [0.5, 0.6) is 0 Å². The maximum absolute atomic E-state index is 12.9. The fraction of sp³-hybridized carbons (Fsp3) is 0.278. The number of nitrogens with one attached hydrogen (secondary N) is 1. The predicted octanol–water partition coefficient (Wildman–Crippen LogP) is 2.28. The molecule has 6 nitrogen and oxygen atoms in total. The van der Waals surface area contributed by atoms with E-state index >= 15 is 0 Å². The number of primary amides is 1. The highest BCUT2D eigenvalue weighted by Crippen LogP contribution is 2.33. The van der Waals surface area contributed by atoms with Gasteiger partial charge in [0.05, 0.1) is 16.9 Å². The molecule has 2 amide bonds. The van der Waals surface area contributed by atoms with E-state index in [9.17, 15) is 9.59 Å². The average molecular weight is 324 g/mol. The maximum atomic E-state index is 12.9. The molecule has 1 aliphatic rings. The maximum Gasteiger partial charge on any atom is 0.276 e. The van der Waals surface area contributed by atoms with Crippen LogP contribution in [0.2, 0.25) is 0 Å². The lowest BCUT2D eigenvalue weighted by molar-refractivity contribution is 0.0973. The van der Waals surface area contributed by atoms with Crippen LogP contribution in [0.4, 0.5) is 11.4 Å². The van der Waals surface area contributed by atoms with E-state index in [-0.39, 0.29) is 17.5 Å². The molecule has 0 unspecified atom stereocenters. The molecule has 0 fully saturated rings. The van der Waals surface area contributed by atoms with Crippen LogP contribution in [-0.4, -0.2) is 29.4 Å². The molecule has 6 heteroatoms. The lowest BCUT2D eigenvalue weighted by Gasteiger charge is -2.37. The number of carbonyl (C=O) groups excluding carboxylic acids is 2. The molecule has 24 heavy (non-hydrogen) atoms. The summed E-state index contributed by atoms with van der Waals surface area (Å²) >= 11 is 0. The number of carbonyl (C=O) groups is 2. The smallest absolute Gasteiger partial charge is 0.276 e. The van der Waals surface area contributed by atoms with Gasteiger partial charge in [0.15, 0.2) is 0 Å². The van der Waals surface area contributed by atoms with Crippen molar-refractivity contribution >= 4 is 23.2 Å². The number of nitrogens with zero attached hydrogens (tertiary/aromatic N) is 2. The molecule has 124 valence electrons. The third-order valence-corrected chi connectivity index (χ3v) is 4.23. The first-order valence-electron chi connectivity index (χ1n) is 7.90. The van der Waals surface area contributed by atoms with Crippen LogP contribution in [0.3, 0.4) is 0 Å². The number of pyridine rings is 1. The fourth-order valence-corrected chi connectivity index (χ4v) is 2.75. The van der Waals surface area contributed by atoms with Crippen molar-refractivity contribution in [1.82, 2.24) is 4.98 Å². The SMILES string of the molecule is CC(C)[C@H]1CN(C(=O)c2ccc(C(N)=O)cn2)c2ccccc2N1. The third kappa shape index (κ3) is 2.95. The third-order valence-electron chi connectivity index (χ3n) is 4.23. The molecule has 3 N–H and O–H groups in total. The second kappa shape index (κ2) is 6.31. The van der Waals surface area contributed by atoms with Gasteiger partial charge in [-0.05, 0) is 30.2 Å². The van der Waals surface area contributed by atoms with Crippen molar-refractivity contribution in [2.45, 2.75) is 19.9 Å². The van der Waals surface area contributed by atoms with Crippen LogP contribution >= 0.6 is 0 Å². The van der Waals surface area contributed by atoms with Crippen molar-refractivity contribution in [1.29, 1.82) is 0 Å². The number of anilines is 2. The standard InChI is InChI=1S/C18H20N4O2/c1-11(2)15-10-22(16-6-4-3-5-13(16)21-15)18(24)14-8-7-12(9-20-14)17(19)23/h3-9,11,15,21H,10H2,1-2H3,(H2,19,23)/t15-/m1/s1. The zero-order valence-electron chi connectivity index (χ0n) is 13.7. The molecular formula is C18H20N4O2. The van der Waals surface area contributed by atoms with Crippen LogP contribution in [0.15, 0.2) is 42.6 Å². The molecule has 0 radical (unpaired) electrons. The summed E-state index contributed by atoms with van der Waals surface area (Å²) in [6.07, 6.45) is 1.34. The van der Waals surface area contributed by atoms with Crippen molar-refractivity contribution in [2.75, 3.05) is 16.8 Å². The van der Waals surface area contributed by atoms with Gasteiger partial charge in [0.1, 0.15) is 5.69 Å². The van der Waals surface area contributed by atoms with Crippen molar-refractivity contribution < 1.29 is 9.59 Å². The Morgan fingerprint density at radius 3 is 2.62 bits per heavy atom. The van der Waals surface area contributed by atoms with Crippen LogP contribution < -0.4 is 16.0 Å². The zero-order valence-corrected chi connectivity index (χ0v) is 13.7. The molecule has 0 spiro atoms. The summed E-state index contributed by atoms with van der Waals surface area (Å²) in [6.45, 7) is 4.80. The number of benzene rings is 1. The summed E-state index contributed by atoms with van der Waals surface area (Å²) in [6, 6.07) is 10.9. The van der Waals surface area contributed by atoms with Gasteiger partial charge in [-0.15, -0.1) is 0 Å².